The molecule has 3 nitrogen and oxygen atoms in total. The molecule has 0 amide bonds. The molecule has 0 saturated carbocycles. The summed E-state index contributed by atoms with van der Waals surface area (Å²) in [6, 6.07) is 0. The maximum Gasteiger partial charge on any atom is 0.221 e. The van der Waals surface area contributed by atoms with Crippen molar-refractivity contribution in [3.8, 4) is 0 Å². The van der Waals surface area contributed by atoms with Crippen molar-refractivity contribution in [2.75, 3.05) is 5.73 Å². The van der Waals surface area contributed by atoms with E-state index in [-0.39, 0.29) is 0 Å². The SMILES string of the molecule is Cc1csc2nc(N)nc(C)c12. The van der Waals surface area contributed by atoms with Crippen LogP contribution in [0.2, 0.25) is 0 Å². The Kier molecular flexibility index (Phi) is 1.51. The molecule has 0 spiro atoms. The molecule has 0 fully saturated rings. The average Bonchev–Trinajstić information content (AvgIpc) is 2.31. The van der Waals surface area contributed by atoms with Crippen LogP contribution in [-0.4, -0.2) is 9.97 Å². The molecule has 0 atom stereocenters. The molecule has 0 bridgehead atoms. The first-order valence-corrected chi connectivity index (χ1v) is 4.54. The van der Waals surface area contributed by atoms with Gasteiger partial charge in [-0.25, -0.2) is 9.97 Å². The number of nitrogens with two attached hydrogens (primary N) is 1. The number of hydrogen-bond acceptors (Lipinski definition) is 4. The number of anilines is 1. The van der Waals surface area contributed by atoms with Crippen LogP contribution >= 0.6 is 11.3 Å². The number of thiophene rings is 1. The summed E-state index contributed by atoms with van der Waals surface area (Å²) in [5.41, 5.74) is 7.72. The van der Waals surface area contributed by atoms with E-state index in [2.05, 4.69) is 22.3 Å². The summed E-state index contributed by atoms with van der Waals surface area (Å²) in [6.07, 6.45) is 0. The minimum atomic E-state index is 0.363. The monoisotopic (exact) mass is 179 g/mol. The van der Waals surface area contributed by atoms with Gasteiger partial charge in [0.15, 0.2) is 0 Å². The number of nitrogens with zero attached hydrogens (tertiary/aromatic N) is 2. The van der Waals surface area contributed by atoms with Gasteiger partial charge in [0, 0.05) is 5.39 Å². The van der Waals surface area contributed by atoms with Gasteiger partial charge in [-0.05, 0) is 24.8 Å². The zero-order valence-corrected chi connectivity index (χ0v) is 7.77. The van der Waals surface area contributed by atoms with Crippen LogP contribution in [0.3, 0.4) is 0 Å². The van der Waals surface area contributed by atoms with Gasteiger partial charge in [0.1, 0.15) is 4.83 Å². The quantitative estimate of drug-likeness (QED) is 0.672. The smallest absolute Gasteiger partial charge is 0.221 e. The van der Waals surface area contributed by atoms with E-state index in [9.17, 15) is 0 Å². The molecule has 2 aromatic heterocycles. The summed E-state index contributed by atoms with van der Waals surface area (Å²) >= 11 is 1.61. The molecule has 0 aliphatic carbocycles. The van der Waals surface area contributed by atoms with Gasteiger partial charge in [0.2, 0.25) is 5.95 Å². The zero-order chi connectivity index (χ0) is 8.72. The van der Waals surface area contributed by atoms with Crippen LogP contribution in [0.1, 0.15) is 11.3 Å². The van der Waals surface area contributed by atoms with Crippen LogP contribution in [-0.2, 0) is 0 Å². The maximum atomic E-state index is 5.52. The first-order valence-electron chi connectivity index (χ1n) is 3.66. The third-order valence-electron chi connectivity index (χ3n) is 1.82. The molecule has 0 aromatic carbocycles. The molecular weight excluding hydrogens is 170 g/mol. The van der Waals surface area contributed by atoms with Crippen LogP contribution in [0.4, 0.5) is 5.95 Å². The molecule has 2 heterocycles. The first kappa shape index (κ1) is 7.49. The summed E-state index contributed by atoms with van der Waals surface area (Å²) in [5.74, 6) is 0.363. The molecule has 2 N–H and O–H groups in total. The van der Waals surface area contributed by atoms with Gasteiger partial charge < -0.3 is 5.73 Å². The van der Waals surface area contributed by atoms with Gasteiger partial charge in [0.05, 0.1) is 5.69 Å². The molecule has 12 heavy (non-hydrogen) atoms. The van der Waals surface area contributed by atoms with E-state index in [4.69, 9.17) is 5.73 Å². The number of aromatic nitrogens is 2. The summed E-state index contributed by atoms with van der Waals surface area (Å²) in [6.45, 7) is 4.02. The number of hydrogen-bond donors (Lipinski definition) is 1. The zero-order valence-electron chi connectivity index (χ0n) is 6.96. The highest BCUT2D eigenvalue weighted by molar-refractivity contribution is 7.17. The van der Waals surface area contributed by atoms with Crippen molar-refractivity contribution in [2.45, 2.75) is 13.8 Å². The van der Waals surface area contributed by atoms with Gasteiger partial charge in [-0.1, -0.05) is 0 Å². The van der Waals surface area contributed by atoms with Crippen molar-refractivity contribution < 1.29 is 0 Å². The highest BCUT2D eigenvalue weighted by Crippen LogP contribution is 2.25. The van der Waals surface area contributed by atoms with Crippen LogP contribution in [0, 0.1) is 13.8 Å². The minimum Gasteiger partial charge on any atom is -0.368 e. The molecule has 0 aliphatic heterocycles. The van der Waals surface area contributed by atoms with Crippen molar-refractivity contribution in [3.63, 3.8) is 0 Å². The lowest BCUT2D eigenvalue weighted by Crippen LogP contribution is -1.96. The first-order chi connectivity index (χ1) is 5.68. The van der Waals surface area contributed by atoms with E-state index in [1.54, 1.807) is 11.3 Å². The van der Waals surface area contributed by atoms with E-state index < -0.39 is 0 Å². The molecule has 0 aliphatic rings. The Hall–Kier alpha value is -1.16. The predicted molar refractivity (Wildman–Crippen MR) is 51.3 cm³/mol. The van der Waals surface area contributed by atoms with Crippen LogP contribution in [0.15, 0.2) is 5.38 Å². The molecule has 0 radical (unpaired) electrons. The lowest BCUT2D eigenvalue weighted by atomic mass is 10.2. The largest absolute Gasteiger partial charge is 0.368 e. The Labute approximate surface area is 74.3 Å². The second-order valence-corrected chi connectivity index (χ2v) is 3.62. The summed E-state index contributed by atoms with van der Waals surface area (Å²) in [5, 5.41) is 3.22. The minimum absolute atomic E-state index is 0.363. The number of nitrogen functional groups attached to an aromatic ring is 1. The number of fused-ring (bicyclic) bond motifs is 1. The summed E-state index contributed by atoms with van der Waals surface area (Å²) in [7, 11) is 0. The van der Waals surface area contributed by atoms with E-state index in [0.717, 1.165) is 15.9 Å². The second kappa shape index (κ2) is 2.42. The topological polar surface area (TPSA) is 51.8 Å². The molecule has 2 rings (SSSR count). The Balaban J connectivity index is 2.93. The third kappa shape index (κ3) is 0.956. The fourth-order valence-electron chi connectivity index (χ4n) is 1.31. The van der Waals surface area contributed by atoms with Gasteiger partial charge in [-0.2, -0.15) is 0 Å². The number of rotatable bonds is 0. The lowest BCUT2D eigenvalue weighted by Gasteiger charge is -1.97. The van der Waals surface area contributed by atoms with Crippen LogP contribution < -0.4 is 5.73 Å². The second-order valence-electron chi connectivity index (χ2n) is 2.77. The Morgan fingerprint density at radius 2 is 2.08 bits per heavy atom. The molecular formula is C8H9N3S. The van der Waals surface area contributed by atoms with E-state index in [0.29, 0.717) is 5.95 Å². The average molecular weight is 179 g/mol. The summed E-state index contributed by atoms with van der Waals surface area (Å²) in [4.78, 5) is 9.23. The standard InChI is InChI=1S/C8H9N3S/c1-4-3-12-7-6(4)5(2)10-8(9)11-7/h3H,1-2H3,(H2,9,10,11). The van der Waals surface area contributed by atoms with Crippen molar-refractivity contribution in [1.82, 2.24) is 9.97 Å². The fourth-order valence-corrected chi connectivity index (χ4v) is 2.29. The molecule has 2 aromatic rings. The highest BCUT2D eigenvalue weighted by Gasteiger charge is 2.06. The Morgan fingerprint density at radius 3 is 2.83 bits per heavy atom. The molecule has 0 unspecified atom stereocenters. The predicted octanol–water partition coefficient (Wildman–Crippen LogP) is 1.89. The summed E-state index contributed by atoms with van der Waals surface area (Å²) < 4.78 is 0. The highest BCUT2D eigenvalue weighted by atomic mass is 32.1. The third-order valence-corrected chi connectivity index (χ3v) is 2.81. The van der Waals surface area contributed by atoms with Gasteiger partial charge in [-0.3, -0.25) is 0 Å². The van der Waals surface area contributed by atoms with Crippen LogP contribution in [0.5, 0.6) is 0 Å². The number of aryl methyl sites for hydroxylation is 2. The molecule has 62 valence electrons. The van der Waals surface area contributed by atoms with Gasteiger partial charge in [-0.15, -0.1) is 11.3 Å². The van der Waals surface area contributed by atoms with Crippen LogP contribution in [0.25, 0.3) is 10.2 Å². The van der Waals surface area contributed by atoms with Crippen molar-refractivity contribution in [1.29, 1.82) is 0 Å². The van der Waals surface area contributed by atoms with E-state index >= 15 is 0 Å². The Morgan fingerprint density at radius 1 is 1.33 bits per heavy atom. The maximum absolute atomic E-state index is 5.52. The van der Waals surface area contributed by atoms with Gasteiger partial charge in [0.25, 0.3) is 0 Å². The van der Waals surface area contributed by atoms with E-state index in [1.807, 2.05) is 6.92 Å². The fraction of sp³-hybridized carbons (Fsp3) is 0.250. The van der Waals surface area contributed by atoms with Crippen molar-refractivity contribution >= 4 is 27.5 Å². The van der Waals surface area contributed by atoms with Crippen molar-refractivity contribution in [3.05, 3.63) is 16.6 Å². The Bertz CT molecular complexity index is 433. The normalized spacial score (nSPS) is 10.8. The lowest BCUT2D eigenvalue weighted by molar-refractivity contribution is 1.17. The molecule has 0 saturated heterocycles. The van der Waals surface area contributed by atoms with Gasteiger partial charge >= 0.3 is 0 Å². The van der Waals surface area contributed by atoms with Crippen molar-refractivity contribution in [2.24, 2.45) is 0 Å². The molecule has 4 heteroatoms. The van der Waals surface area contributed by atoms with E-state index in [1.165, 1.54) is 5.56 Å².